The number of aromatic nitrogens is 1. The zero-order valence-electron chi connectivity index (χ0n) is 8.07. The summed E-state index contributed by atoms with van der Waals surface area (Å²) in [4.78, 5) is 13.3. The number of aromatic amines is 1. The first-order valence-corrected chi connectivity index (χ1v) is 4.51. The Hall–Kier alpha value is -2.35. The maximum Gasteiger partial charge on any atom is 0.343 e. The van der Waals surface area contributed by atoms with Crippen molar-refractivity contribution < 1.29 is 14.3 Å². The third kappa shape index (κ3) is 1.50. The molecule has 2 N–H and O–H groups in total. The minimum absolute atomic E-state index is 0.0759. The summed E-state index contributed by atoms with van der Waals surface area (Å²) < 4.78 is 13.3. The predicted octanol–water partition coefficient (Wildman–Crippen LogP) is 2.13. The molecule has 0 spiro atoms. The van der Waals surface area contributed by atoms with Crippen LogP contribution in [-0.4, -0.2) is 16.1 Å². The van der Waals surface area contributed by atoms with Gasteiger partial charge in [-0.3, -0.25) is 0 Å². The van der Waals surface area contributed by atoms with Crippen LogP contribution in [0.3, 0.4) is 0 Å². The zero-order valence-corrected chi connectivity index (χ0v) is 8.07. The van der Waals surface area contributed by atoms with Gasteiger partial charge in [-0.15, -0.1) is 0 Å². The van der Waals surface area contributed by atoms with E-state index in [1.807, 2.05) is 6.07 Å². The standard InChI is InChI=1S/C11H7FN2O2/c12-10(11(15)16)8-5-14-9-3-6(4-13)1-2-7(8)9/h1-3,5,10,14H,(H,15,16). The van der Waals surface area contributed by atoms with Crippen LogP contribution in [0.25, 0.3) is 10.9 Å². The van der Waals surface area contributed by atoms with Gasteiger partial charge < -0.3 is 10.1 Å². The Morgan fingerprint density at radius 2 is 2.31 bits per heavy atom. The first-order valence-electron chi connectivity index (χ1n) is 4.51. The lowest BCUT2D eigenvalue weighted by atomic mass is 10.1. The van der Waals surface area contributed by atoms with Gasteiger partial charge >= 0.3 is 5.97 Å². The van der Waals surface area contributed by atoms with Crippen molar-refractivity contribution in [2.45, 2.75) is 6.17 Å². The second-order valence-corrected chi connectivity index (χ2v) is 3.32. The lowest BCUT2D eigenvalue weighted by molar-refractivity contribution is -0.142. The number of hydrogen-bond donors (Lipinski definition) is 2. The molecular formula is C11H7FN2O2. The number of H-pyrrole nitrogens is 1. The molecule has 4 nitrogen and oxygen atoms in total. The molecule has 0 saturated heterocycles. The molecule has 1 unspecified atom stereocenters. The van der Waals surface area contributed by atoms with E-state index < -0.39 is 12.1 Å². The average Bonchev–Trinajstić information content (AvgIpc) is 2.70. The number of carboxylic acid groups (broad SMARTS) is 1. The largest absolute Gasteiger partial charge is 0.479 e. The molecule has 0 aliphatic heterocycles. The number of benzene rings is 1. The number of nitrogens with zero attached hydrogens (tertiary/aromatic N) is 1. The second kappa shape index (κ2) is 3.66. The number of carbonyl (C=O) groups is 1. The molecule has 0 saturated carbocycles. The van der Waals surface area contributed by atoms with E-state index in [0.717, 1.165) is 0 Å². The summed E-state index contributed by atoms with van der Waals surface area (Å²) in [6, 6.07) is 6.56. The molecule has 0 aliphatic rings. The number of nitrogens with one attached hydrogen (secondary N) is 1. The van der Waals surface area contributed by atoms with E-state index in [9.17, 15) is 9.18 Å². The van der Waals surface area contributed by atoms with E-state index in [2.05, 4.69) is 4.98 Å². The van der Waals surface area contributed by atoms with Crippen molar-refractivity contribution in [3.63, 3.8) is 0 Å². The molecule has 1 aromatic heterocycles. The Morgan fingerprint density at radius 3 is 2.94 bits per heavy atom. The molecule has 1 aromatic carbocycles. The van der Waals surface area contributed by atoms with E-state index in [0.29, 0.717) is 16.5 Å². The highest BCUT2D eigenvalue weighted by molar-refractivity contribution is 5.89. The summed E-state index contributed by atoms with van der Waals surface area (Å²) in [5.74, 6) is -1.52. The maximum atomic E-state index is 13.3. The lowest BCUT2D eigenvalue weighted by Gasteiger charge is -2.00. The van der Waals surface area contributed by atoms with E-state index in [-0.39, 0.29) is 5.56 Å². The van der Waals surface area contributed by atoms with Gasteiger partial charge in [-0.2, -0.15) is 5.26 Å². The third-order valence-corrected chi connectivity index (χ3v) is 2.33. The zero-order chi connectivity index (χ0) is 11.7. The van der Waals surface area contributed by atoms with Crippen LogP contribution in [0, 0.1) is 11.3 Å². The maximum absolute atomic E-state index is 13.3. The highest BCUT2D eigenvalue weighted by Crippen LogP contribution is 2.27. The highest BCUT2D eigenvalue weighted by atomic mass is 19.1. The SMILES string of the molecule is N#Cc1ccc2c(C(F)C(=O)O)c[nH]c2c1. The van der Waals surface area contributed by atoms with Crippen molar-refractivity contribution in [3.8, 4) is 6.07 Å². The molecule has 0 aliphatic carbocycles. The van der Waals surface area contributed by atoms with Crippen LogP contribution >= 0.6 is 0 Å². The van der Waals surface area contributed by atoms with Crippen LogP contribution in [0.1, 0.15) is 17.3 Å². The topological polar surface area (TPSA) is 76.9 Å². The Bertz CT molecular complexity index is 598. The molecule has 16 heavy (non-hydrogen) atoms. The van der Waals surface area contributed by atoms with Gasteiger partial charge in [-0.05, 0) is 12.1 Å². The van der Waals surface area contributed by atoms with Crippen LogP contribution in [-0.2, 0) is 4.79 Å². The van der Waals surface area contributed by atoms with Crippen LogP contribution in [0.15, 0.2) is 24.4 Å². The van der Waals surface area contributed by atoms with Crippen molar-refractivity contribution in [3.05, 3.63) is 35.5 Å². The van der Waals surface area contributed by atoms with Crippen molar-refractivity contribution in [1.29, 1.82) is 5.26 Å². The molecule has 1 heterocycles. The number of hydrogen-bond acceptors (Lipinski definition) is 2. The number of fused-ring (bicyclic) bond motifs is 1. The Kier molecular flexibility index (Phi) is 2.33. The van der Waals surface area contributed by atoms with Crippen LogP contribution < -0.4 is 0 Å². The van der Waals surface area contributed by atoms with E-state index >= 15 is 0 Å². The number of rotatable bonds is 2. The molecule has 0 amide bonds. The van der Waals surface area contributed by atoms with Crippen molar-refractivity contribution >= 4 is 16.9 Å². The second-order valence-electron chi connectivity index (χ2n) is 3.32. The minimum Gasteiger partial charge on any atom is -0.479 e. The number of nitriles is 1. The van der Waals surface area contributed by atoms with Gasteiger partial charge in [0.05, 0.1) is 11.6 Å². The molecular weight excluding hydrogens is 211 g/mol. The van der Waals surface area contributed by atoms with E-state index in [4.69, 9.17) is 10.4 Å². The fourth-order valence-corrected chi connectivity index (χ4v) is 1.56. The summed E-state index contributed by atoms with van der Waals surface area (Å²) in [5, 5.41) is 17.7. The fourth-order valence-electron chi connectivity index (χ4n) is 1.56. The van der Waals surface area contributed by atoms with Crippen molar-refractivity contribution in [2.75, 3.05) is 0 Å². The normalized spacial score (nSPS) is 12.2. The summed E-state index contributed by atoms with van der Waals surface area (Å²) in [6.45, 7) is 0. The monoisotopic (exact) mass is 218 g/mol. The van der Waals surface area contributed by atoms with Gasteiger partial charge in [0.25, 0.3) is 0 Å². The Balaban J connectivity index is 2.59. The molecule has 80 valence electrons. The third-order valence-electron chi connectivity index (χ3n) is 2.33. The summed E-state index contributed by atoms with van der Waals surface area (Å²) >= 11 is 0. The molecule has 0 fully saturated rings. The van der Waals surface area contributed by atoms with Gasteiger partial charge in [0, 0.05) is 22.7 Å². The van der Waals surface area contributed by atoms with E-state index in [1.54, 1.807) is 6.07 Å². The van der Waals surface area contributed by atoms with E-state index in [1.165, 1.54) is 18.3 Å². The highest BCUT2D eigenvalue weighted by Gasteiger charge is 2.21. The van der Waals surface area contributed by atoms with Gasteiger partial charge in [-0.1, -0.05) is 6.07 Å². The van der Waals surface area contributed by atoms with Crippen molar-refractivity contribution in [2.24, 2.45) is 0 Å². The molecule has 5 heteroatoms. The number of carboxylic acids is 1. The summed E-state index contributed by atoms with van der Waals surface area (Å²) in [7, 11) is 0. The van der Waals surface area contributed by atoms with Gasteiger partial charge in [0.1, 0.15) is 0 Å². The minimum atomic E-state index is -2.05. The van der Waals surface area contributed by atoms with Gasteiger partial charge in [0.2, 0.25) is 6.17 Å². The average molecular weight is 218 g/mol. The molecule has 0 radical (unpaired) electrons. The van der Waals surface area contributed by atoms with Crippen molar-refractivity contribution in [1.82, 2.24) is 4.98 Å². The van der Waals surface area contributed by atoms with Crippen LogP contribution in [0.2, 0.25) is 0 Å². The fraction of sp³-hybridized carbons (Fsp3) is 0.0909. The lowest BCUT2D eigenvalue weighted by Crippen LogP contribution is -2.05. The molecule has 2 aromatic rings. The number of aliphatic carboxylic acids is 1. The smallest absolute Gasteiger partial charge is 0.343 e. The van der Waals surface area contributed by atoms with Gasteiger partial charge in [-0.25, -0.2) is 9.18 Å². The summed E-state index contributed by atoms with van der Waals surface area (Å²) in [5.41, 5.74) is 1.07. The van der Waals surface area contributed by atoms with Gasteiger partial charge in [0.15, 0.2) is 0 Å². The predicted molar refractivity (Wildman–Crippen MR) is 54.5 cm³/mol. The first kappa shape index (κ1) is 10.2. The summed E-state index contributed by atoms with van der Waals surface area (Å²) in [6.07, 6.45) is -0.744. The Labute approximate surface area is 89.9 Å². The number of halogens is 1. The quantitative estimate of drug-likeness (QED) is 0.810. The Morgan fingerprint density at radius 1 is 1.56 bits per heavy atom. The number of alkyl halides is 1. The molecule has 0 bridgehead atoms. The van der Waals surface area contributed by atoms with Crippen LogP contribution in [0.4, 0.5) is 4.39 Å². The molecule has 1 atom stereocenters. The van der Waals surface area contributed by atoms with Crippen LogP contribution in [0.5, 0.6) is 0 Å². The molecule has 2 rings (SSSR count). The first-order chi connectivity index (χ1) is 7.63.